The Labute approximate surface area is 254 Å². The second kappa shape index (κ2) is 11.6. The second-order valence-corrected chi connectivity index (χ2v) is 13.7. The number of morpholine rings is 1. The molecule has 3 fully saturated rings. The topological polar surface area (TPSA) is 145 Å². The number of nitrogens with one attached hydrogen (secondary N) is 1. The van der Waals surface area contributed by atoms with Crippen LogP contribution in [0.3, 0.4) is 0 Å². The Morgan fingerprint density at radius 2 is 1.86 bits per heavy atom. The number of amides is 1. The van der Waals surface area contributed by atoms with E-state index in [9.17, 15) is 13.2 Å². The Balaban J connectivity index is 0.00000110. The van der Waals surface area contributed by atoms with E-state index in [4.69, 9.17) is 14.6 Å². The molecule has 1 aliphatic carbocycles. The number of likely N-dealkylation sites (N-methyl/N-ethyl adjacent to an activating group) is 1. The van der Waals surface area contributed by atoms with Crippen molar-refractivity contribution in [2.45, 2.75) is 24.7 Å². The first-order valence-corrected chi connectivity index (χ1v) is 16.5. The third-order valence-electron chi connectivity index (χ3n) is 9.05. The third-order valence-corrected chi connectivity index (χ3v) is 9.64. The fourth-order valence-corrected chi connectivity index (χ4v) is 7.40. The van der Waals surface area contributed by atoms with Crippen LogP contribution in [0.1, 0.15) is 24.8 Å². The number of ether oxygens (including phenoxy) is 1. The lowest BCUT2D eigenvalue weighted by atomic mass is 9.64. The van der Waals surface area contributed by atoms with E-state index in [1.807, 2.05) is 0 Å². The lowest BCUT2D eigenvalue weighted by molar-refractivity contribution is -0.125. The summed E-state index contributed by atoms with van der Waals surface area (Å²) in [6.07, 6.45) is 6.83. The number of anilines is 3. The highest BCUT2D eigenvalue weighted by Crippen LogP contribution is 2.55. The SMILES string of the molecule is CN1C(=O)C2(CCC2)c2c1cnc1cc(F)c(-c3cnc(N4CC(CN5CCOCC5)C4)c(NS(C)(=O)=O)c3)cc21.O=CO. The molecule has 3 aromatic rings. The van der Waals surface area contributed by atoms with E-state index in [-0.39, 0.29) is 17.9 Å². The van der Waals surface area contributed by atoms with Crippen molar-refractivity contribution in [3.63, 3.8) is 0 Å². The molecule has 1 spiro atoms. The van der Waals surface area contributed by atoms with Crippen molar-refractivity contribution in [3.8, 4) is 11.1 Å². The van der Waals surface area contributed by atoms with Gasteiger partial charge in [-0.15, -0.1) is 0 Å². The molecule has 2 N–H and O–H groups in total. The number of hydrogen-bond acceptors (Lipinski definition) is 9. The first kappa shape index (κ1) is 30.2. The quantitative estimate of drug-likeness (QED) is 0.392. The van der Waals surface area contributed by atoms with E-state index >= 15 is 4.39 Å². The summed E-state index contributed by atoms with van der Waals surface area (Å²) in [5.41, 5.74) is 2.63. The molecular formula is C30H35FN6O6S. The van der Waals surface area contributed by atoms with Crippen molar-refractivity contribution in [3.05, 3.63) is 42.0 Å². The predicted molar refractivity (Wildman–Crippen MR) is 164 cm³/mol. The molecule has 1 aromatic carbocycles. The number of benzene rings is 1. The fourth-order valence-electron chi connectivity index (χ4n) is 6.85. The number of nitrogens with zero attached hydrogens (tertiary/aromatic N) is 5. The lowest BCUT2D eigenvalue weighted by Crippen LogP contribution is -2.53. The minimum absolute atomic E-state index is 0.0612. The molecular weight excluding hydrogens is 591 g/mol. The highest BCUT2D eigenvalue weighted by molar-refractivity contribution is 7.92. The van der Waals surface area contributed by atoms with Crippen LogP contribution in [0.4, 0.5) is 21.6 Å². The highest BCUT2D eigenvalue weighted by atomic mass is 32.2. The third kappa shape index (κ3) is 5.35. The number of aromatic nitrogens is 2. The number of carbonyl (C=O) groups is 2. The molecule has 4 aliphatic rings. The van der Waals surface area contributed by atoms with Crippen molar-refractivity contribution in [1.82, 2.24) is 14.9 Å². The van der Waals surface area contributed by atoms with Gasteiger partial charge in [0.1, 0.15) is 5.82 Å². The number of carbonyl (C=O) groups excluding carboxylic acids is 1. The van der Waals surface area contributed by atoms with Crippen molar-refractivity contribution in [2.75, 3.05) is 73.8 Å². The average Bonchev–Trinajstić information content (AvgIpc) is 3.17. The number of carboxylic acid groups (broad SMARTS) is 1. The predicted octanol–water partition coefficient (Wildman–Crippen LogP) is 2.67. The van der Waals surface area contributed by atoms with Crippen molar-refractivity contribution < 1.29 is 32.2 Å². The number of halogens is 1. The smallest absolute Gasteiger partial charge is 0.290 e. The van der Waals surface area contributed by atoms with Gasteiger partial charge in [0.05, 0.1) is 48.0 Å². The number of fused-ring (bicyclic) bond motifs is 4. The van der Waals surface area contributed by atoms with Crippen molar-refractivity contribution in [1.29, 1.82) is 0 Å². The molecule has 2 saturated heterocycles. The first-order valence-electron chi connectivity index (χ1n) is 14.6. The van der Waals surface area contributed by atoms with E-state index in [2.05, 4.69) is 24.5 Å². The van der Waals surface area contributed by atoms with Crippen molar-refractivity contribution in [2.24, 2.45) is 5.92 Å². The summed E-state index contributed by atoms with van der Waals surface area (Å²) in [5.74, 6) is 0.556. The van der Waals surface area contributed by atoms with Gasteiger partial charge in [0.25, 0.3) is 6.47 Å². The Hall–Kier alpha value is -3.88. The van der Waals surface area contributed by atoms with Gasteiger partial charge in [-0.3, -0.25) is 24.2 Å². The van der Waals surface area contributed by atoms with Gasteiger partial charge in [-0.2, -0.15) is 0 Å². The molecule has 1 amide bonds. The summed E-state index contributed by atoms with van der Waals surface area (Å²) < 4.78 is 48.2. The zero-order valence-corrected chi connectivity index (χ0v) is 25.4. The van der Waals surface area contributed by atoms with Gasteiger partial charge in [-0.1, -0.05) is 6.42 Å². The van der Waals surface area contributed by atoms with E-state index < -0.39 is 21.3 Å². The van der Waals surface area contributed by atoms with Gasteiger partial charge in [0.2, 0.25) is 15.9 Å². The Bertz CT molecular complexity index is 1720. The monoisotopic (exact) mass is 626 g/mol. The fraction of sp³-hybridized carbons (Fsp3) is 0.467. The summed E-state index contributed by atoms with van der Waals surface area (Å²) in [6, 6.07) is 4.78. The maximum atomic E-state index is 15.6. The molecule has 0 unspecified atom stereocenters. The molecule has 7 rings (SSSR count). The van der Waals surface area contributed by atoms with E-state index in [1.54, 1.807) is 36.5 Å². The normalized spacial score (nSPS) is 19.7. The summed E-state index contributed by atoms with van der Waals surface area (Å²) in [4.78, 5) is 36.8. The van der Waals surface area contributed by atoms with Crippen LogP contribution in [-0.4, -0.2) is 100 Å². The maximum Gasteiger partial charge on any atom is 0.290 e. The summed E-state index contributed by atoms with van der Waals surface area (Å²) >= 11 is 0. The van der Waals surface area contributed by atoms with Gasteiger partial charge in [-0.05, 0) is 25.0 Å². The molecule has 14 heteroatoms. The molecule has 2 aromatic heterocycles. The molecule has 12 nitrogen and oxygen atoms in total. The van der Waals surface area contributed by atoms with E-state index in [0.717, 1.165) is 88.1 Å². The maximum absolute atomic E-state index is 15.6. The van der Waals surface area contributed by atoms with E-state index in [0.29, 0.717) is 28.5 Å². The Kier molecular flexibility index (Phi) is 7.92. The van der Waals surface area contributed by atoms with Crippen LogP contribution in [0, 0.1) is 11.7 Å². The summed E-state index contributed by atoms with van der Waals surface area (Å²) in [6.45, 7) is 5.58. The van der Waals surface area contributed by atoms with Crippen LogP contribution in [0.15, 0.2) is 30.6 Å². The lowest BCUT2D eigenvalue weighted by Gasteiger charge is -2.43. The van der Waals surface area contributed by atoms with Gasteiger partial charge < -0.3 is 19.6 Å². The molecule has 44 heavy (non-hydrogen) atoms. The van der Waals surface area contributed by atoms with Crippen LogP contribution >= 0.6 is 0 Å². The number of sulfonamides is 1. The molecule has 0 atom stereocenters. The zero-order valence-electron chi connectivity index (χ0n) is 24.6. The van der Waals surface area contributed by atoms with Crippen LogP contribution in [0.25, 0.3) is 22.0 Å². The molecule has 0 bridgehead atoms. The van der Waals surface area contributed by atoms with Crippen LogP contribution in [0.2, 0.25) is 0 Å². The Morgan fingerprint density at radius 3 is 2.50 bits per heavy atom. The molecule has 0 radical (unpaired) electrons. The van der Waals surface area contributed by atoms with E-state index in [1.165, 1.54) is 6.07 Å². The van der Waals surface area contributed by atoms with Crippen LogP contribution < -0.4 is 14.5 Å². The standard InChI is InChI=1S/C29H33FN6O4S.CH2O2/c1-34-25-14-31-23-12-22(30)20(11-21(23)26(25)29(28(34)37)4-3-5-29)19-10-24(33-41(2,38)39)27(32-13-19)36-16-18(17-36)15-35-6-8-40-9-7-35;2-1-3/h10-14,18,33H,3-9,15-17H2,1-2H3;1H,(H,2,3). The van der Waals surface area contributed by atoms with Crippen LogP contribution in [-0.2, 0) is 29.8 Å². The summed E-state index contributed by atoms with van der Waals surface area (Å²) in [5, 5.41) is 7.63. The minimum Gasteiger partial charge on any atom is -0.483 e. The number of rotatable bonds is 6. The van der Waals surface area contributed by atoms with Crippen molar-refractivity contribution >= 4 is 50.5 Å². The number of hydrogen-bond donors (Lipinski definition) is 2. The minimum atomic E-state index is -3.61. The van der Waals surface area contributed by atoms with Gasteiger partial charge in [0.15, 0.2) is 5.82 Å². The first-order chi connectivity index (χ1) is 21.0. The number of pyridine rings is 2. The largest absolute Gasteiger partial charge is 0.483 e. The highest BCUT2D eigenvalue weighted by Gasteiger charge is 2.54. The molecule has 1 saturated carbocycles. The van der Waals surface area contributed by atoms with Gasteiger partial charge in [0, 0.05) is 80.0 Å². The molecule has 3 aliphatic heterocycles. The summed E-state index contributed by atoms with van der Waals surface area (Å²) in [7, 11) is -1.85. The molecule has 5 heterocycles. The van der Waals surface area contributed by atoms with Gasteiger partial charge >= 0.3 is 0 Å². The Morgan fingerprint density at radius 1 is 1.16 bits per heavy atom. The molecule has 234 valence electrons. The van der Waals surface area contributed by atoms with Gasteiger partial charge in [-0.25, -0.2) is 17.8 Å². The van der Waals surface area contributed by atoms with Crippen LogP contribution in [0.5, 0.6) is 0 Å². The second-order valence-electron chi connectivity index (χ2n) is 11.9. The average molecular weight is 627 g/mol. The zero-order chi connectivity index (χ0) is 31.2.